The number of aromatic hydroxyl groups is 2. The summed E-state index contributed by atoms with van der Waals surface area (Å²) in [6.07, 6.45) is -23.9. The fourth-order valence-electron chi connectivity index (χ4n) is 6.32. The molecule has 3 aromatic rings. The van der Waals surface area contributed by atoms with Gasteiger partial charge in [-0.1, -0.05) is 0 Å². The first-order valence-corrected chi connectivity index (χ1v) is 16.8. The highest BCUT2D eigenvalue weighted by Crippen LogP contribution is 2.45. The average Bonchev–Trinajstić information content (AvgIpc) is 3.14. The topological polar surface area (TPSA) is 317 Å². The van der Waals surface area contributed by atoms with Gasteiger partial charge in [-0.05, 0) is 38.1 Å². The van der Waals surface area contributed by atoms with Crippen molar-refractivity contribution in [3.63, 3.8) is 0 Å². The Bertz CT molecular complexity index is 1830. The number of methoxy groups -OCH3 is 1. The fourth-order valence-corrected chi connectivity index (χ4v) is 6.32. The Hall–Kier alpha value is -3.87. The van der Waals surface area contributed by atoms with Crippen LogP contribution in [-0.4, -0.2) is 162 Å². The van der Waals surface area contributed by atoms with E-state index in [1.807, 2.05) is 0 Å². The summed E-state index contributed by atoms with van der Waals surface area (Å²) in [5.41, 5.74) is -1.31. The van der Waals surface area contributed by atoms with Crippen LogP contribution in [0.5, 0.6) is 28.7 Å². The first-order chi connectivity index (χ1) is 25.5. The van der Waals surface area contributed by atoms with Gasteiger partial charge in [0.15, 0.2) is 23.5 Å². The Balaban J connectivity index is 1.36. The van der Waals surface area contributed by atoms with Gasteiger partial charge in [-0.3, -0.25) is 4.79 Å². The molecule has 1 aromatic heterocycles. The van der Waals surface area contributed by atoms with Gasteiger partial charge in [0.25, 0.3) is 0 Å². The van der Waals surface area contributed by atoms with Crippen LogP contribution in [0.1, 0.15) is 13.8 Å². The molecule has 0 amide bonds. The minimum absolute atomic E-state index is 0.112. The van der Waals surface area contributed by atoms with E-state index in [1.165, 1.54) is 38.1 Å². The smallest absolute Gasteiger partial charge is 0.239 e. The Labute approximate surface area is 305 Å². The van der Waals surface area contributed by atoms with Crippen molar-refractivity contribution in [2.24, 2.45) is 0 Å². The zero-order valence-electron chi connectivity index (χ0n) is 28.8. The molecule has 0 aliphatic carbocycles. The Morgan fingerprint density at radius 3 is 1.78 bits per heavy atom. The van der Waals surface area contributed by atoms with E-state index in [4.69, 9.17) is 37.6 Å². The summed E-state index contributed by atoms with van der Waals surface area (Å²) in [4.78, 5) is 14.2. The standard InChI is InChI=1S/C34H42O20/c1-10-18(36)23(41)26(44)32(49-10)48-9-16-20(38)25(43)28(46)34(53-16)54-31-22(40)17-14(51-29(31)12-4-6-13(35)7-5-12)8-15(30(47-3)21(17)39)52-33-27(45)24(42)19(37)11(2)50-33/h4-8,10-11,16,18-20,23-28,32-39,41-46H,9H2,1-3H3/t10-,11-,16+,18-,19-,20-,23+,24+,25-,26+,27+,28+,32+,33-,34-/m0/s1. The molecule has 20 nitrogen and oxygen atoms in total. The van der Waals surface area contributed by atoms with Crippen molar-refractivity contribution in [3.05, 3.63) is 40.6 Å². The van der Waals surface area contributed by atoms with Crippen molar-refractivity contribution >= 4 is 11.0 Å². The lowest BCUT2D eigenvalue weighted by Crippen LogP contribution is -2.61. The molecule has 3 saturated heterocycles. The van der Waals surface area contributed by atoms with Gasteiger partial charge >= 0.3 is 0 Å². The highest BCUT2D eigenvalue weighted by atomic mass is 16.7. The molecule has 54 heavy (non-hydrogen) atoms. The van der Waals surface area contributed by atoms with Crippen LogP contribution in [0.25, 0.3) is 22.3 Å². The van der Waals surface area contributed by atoms with Gasteiger partial charge in [-0.25, -0.2) is 0 Å². The largest absolute Gasteiger partial charge is 0.508 e. The number of aliphatic hydroxyl groups excluding tert-OH is 9. The minimum atomic E-state index is -2.01. The molecule has 0 saturated carbocycles. The van der Waals surface area contributed by atoms with E-state index in [0.717, 1.165) is 13.2 Å². The molecule has 11 N–H and O–H groups in total. The molecule has 3 aliphatic rings. The molecule has 3 fully saturated rings. The summed E-state index contributed by atoms with van der Waals surface area (Å²) >= 11 is 0. The second-order valence-electron chi connectivity index (χ2n) is 13.2. The van der Waals surface area contributed by atoms with Gasteiger partial charge in [0.05, 0.1) is 25.9 Å². The van der Waals surface area contributed by atoms with E-state index in [1.54, 1.807) is 0 Å². The van der Waals surface area contributed by atoms with Gasteiger partial charge in [0.1, 0.15) is 77.8 Å². The molecule has 20 heteroatoms. The Morgan fingerprint density at radius 1 is 0.648 bits per heavy atom. The highest BCUT2D eigenvalue weighted by molar-refractivity contribution is 5.91. The molecule has 0 unspecified atom stereocenters. The number of hydrogen-bond acceptors (Lipinski definition) is 20. The Kier molecular flexibility index (Phi) is 11.6. The molecule has 2 aromatic carbocycles. The summed E-state index contributed by atoms with van der Waals surface area (Å²) in [6.45, 7) is 2.21. The summed E-state index contributed by atoms with van der Waals surface area (Å²) in [5.74, 6) is -2.84. The number of benzene rings is 2. The predicted molar refractivity (Wildman–Crippen MR) is 176 cm³/mol. The maximum atomic E-state index is 14.2. The van der Waals surface area contributed by atoms with Gasteiger partial charge in [0.2, 0.25) is 29.5 Å². The third-order valence-corrected chi connectivity index (χ3v) is 9.56. The van der Waals surface area contributed by atoms with Crippen LogP contribution < -0.4 is 19.6 Å². The number of fused-ring (bicyclic) bond motifs is 1. The van der Waals surface area contributed by atoms with Crippen LogP contribution in [0.2, 0.25) is 0 Å². The lowest BCUT2D eigenvalue weighted by molar-refractivity contribution is -0.318. The van der Waals surface area contributed by atoms with Gasteiger partial charge < -0.3 is 93.7 Å². The van der Waals surface area contributed by atoms with E-state index in [-0.39, 0.29) is 28.4 Å². The second-order valence-corrected chi connectivity index (χ2v) is 13.2. The van der Waals surface area contributed by atoms with Crippen LogP contribution >= 0.6 is 0 Å². The summed E-state index contributed by atoms with van der Waals surface area (Å²) in [6, 6.07) is 6.29. The van der Waals surface area contributed by atoms with Crippen LogP contribution in [0.15, 0.2) is 39.5 Å². The van der Waals surface area contributed by atoms with Crippen molar-refractivity contribution < 1.29 is 93.7 Å². The van der Waals surface area contributed by atoms with E-state index >= 15 is 0 Å². The summed E-state index contributed by atoms with van der Waals surface area (Å²) in [7, 11) is 1.12. The fraction of sp³-hybridized carbons (Fsp3) is 0.559. The maximum Gasteiger partial charge on any atom is 0.239 e. The van der Waals surface area contributed by atoms with Crippen LogP contribution in [0, 0.1) is 0 Å². The molecular weight excluding hydrogens is 728 g/mol. The zero-order chi connectivity index (χ0) is 39.3. The van der Waals surface area contributed by atoms with Gasteiger partial charge in [0, 0.05) is 11.6 Å². The molecule has 0 bridgehead atoms. The van der Waals surface area contributed by atoms with Crippen LogP contribution in [0.3, 0.4) is 0 Å². The van der Waals surface area contributed by atoms with Crippen LogP contribution in [-0.2, 0) is 18.9 Å². The van der Waals surface area contributed by atoms with Crippen molar-refractivity contribution in [2.75, 3.05) is 13.7 Å². The first kappa shape index (κ1) is 39.8. The van der Waals surface area contributed by atoms with Gasteiger partial charge in [-0.2, -0.15) is 0 Å². The summed E-state index contributed by atoms with van der Waals surface area (Å²) in [5, 5.41) is 114. The van der Waals surface area contributed by atoms with Crippen molar-refractivity contribution in [3.8, 4) is 40.1 Å². The number of ether oxygens (including phenoxy) is 7. The molecule has 3 aliphatic heterocycles. The molecule has 298 valence electrons. The SMILES string of the molecule is COc1c(O[C@@H]2O[C@@H](C)[C@H](O)[C@@H](O)[C@H]2O)cc2oc(-c3ccc(O)cc3)c(O[C@@H]3O[C@H](CO[C@@H]4O[C@@H](C)[C@H](O)[C@@H](O)[C@H]4O)[C@H](O)[C@H](O)[C@H]3O)c(=O)c2c1O. The second kappa shape index (κ2) is 15.7. The van der Waals surface area contributed by atoms with Gasteiger partial charge in [-0.15, -0.1) is 0 Å². The molecule has 15 atom stereocenters. The quantitative estimate of drug-likeness (QED) is 0.104. The van der Waals surface area contributed by atoms with E-state index < -0.39 is 127 Å². The number of phenolic OH excluding ortho intramolecular Hbond substituents is 2. The first-order valence-electron chi connectivity index (χ1n) is 16.8. The lowest BCUT2D eigenvalue weighted by atomic mass is 9.98. The van der Waals surface area contributed by atoms with Crippen molar-refractivity contribution in [2.45, 2.75) is 106 Å². The average molecular weight is 771 g/mol. The number of phenols is 2. The summed E-state index contributed by atoms with van der Waals surface area (Å²) < 4.78 is 45.0. The van der Waals surface area contributed by atoms with E-state index in [0.29, 0.717) is 0 Å². The third-order valence-electron chi connectivity index (χ3n) is 9.56. The van der Waals surface area contributed by atoms with Crippen molar-refractivity contribution in [1.82, 2.24) is 0 Å². The van der Waals surface area contributed by atoms with Crippen molar-refractivity contribution in [1.29, 1.82) is 0 Å². The minimum Gasteiger partial charge on any atom is -0.508 e. The predicted octanol–water partition coefficient (Wildman–Crippen LogP) is -2.88. The highest BCUT2D eigenvalue weighted by Gasteiger charge is 2.48. The lowest BCUT2D eigenvalue weighted by Gasteiger charge is -2.42. The number of aliphatic hydroxyl groups is 9. The third kappa shape index (κ3) is 7.29. The molecule has 6 rings (SSSR count). The maximum absolute atomic E-state index is 14.2. The molecule has 4 heterocycles. The molecule has 0 radical (unpaired) electrons. The zero-order valence-corrected chi connectivity index (χ0v) is 28.8. The molecule has 0 spiro atoms. The monoisotopic (exact) mass is 770 g/mol. The van der Waals surface area contributed by atoms with Crippen LogP contribution in [0.4, 0.5) is 0 Å². The van der Waals surface area contributed by atoms with E-state index in [9.17, 15) is 61.0 Å². The van der Waals surface area contributed by atoms with E-state index in [2.05, 4.69) is 0 Å². The normalized spacial score (nSPS) is 37.2. The molecular formula is C34H42O20. The number of hydrogen-bond donors (Lipinski definition) is 11. The number of rotatable bonds is 9. The Morgan fingerprint density at radius 2 is 1.19 bits per heavy atom.